The second-order valence-electron chi connectivity index (χ2n) is 15.6. The predicted octanol–water partition coefficient (Wildman–Crippen LogP) is 2.22. The summed E-state index contributed by atoms with van der Waals surface area (Å²) in [5.74, 6) is -1.40. The molecule has 0 spiro atoms. The van der Waals surface area contributed by atoms with Gasteiger partial charge in [-0.15, -0.1) is 13.0 Å². The van der Waals surface area contributed by atoms with Gasteiger partial charge < -0.3 is 31.5 Å². The molecule has 1 aliphatic carbocycles. The molecular weight excluding hydrogens is 600 g/mol. The van der Waals surface area contributed by atoms with Gasteiger partial charge in [-0.3, -0.25) is 24.0 Å². The molecule has 1 aliphatic heterocycles. The SMILES string of the molecule is C#CCN(C)C(=O)[C@@H](NC(=O)N[C@H](C(=O)N1C[C@H](C(C)C)[C@H](C=C)[C@H]1C(=O)NC(CC1CCC1)C(=O)C(N)=O)C(C)(C)C)C(C)(C)C. The molecule has 0 aromatic rings. The summed E-state index contributed by atoms with van der Waals surface area (Å²) < 4.78 is 0. The van der Waals surface area contributed by atoms with Crippen LogP contribution in [-0.2, 0) is 24.0 Å². The fraction of sp³-hybridized carbons (Fsp3) is 0.714. The van der Waals surface area contributed by atoms with E-state index in [1.54, 1.807) is 33.9 Å². The number of nitrogens with zero attached hydrogens (tertiary/aromatic N) is 2. The summed E-state index contributed by atoms with van der Waals surface area (Å²) in [6.45, 7) is 19.0. The summed E-state index contributed by atoms with van der Waals surface area (Å²) >= 11 is 0. The number of hydrogen-bond acceptors (Lipinski definition) is 6. The van der Waals surface area contributed by atoms with Crippen LogP contribution in [0.5, 0.6) is 0 Å². The van der Waals surface area contributed by atoms with E-state index in [-0.39, 0.29) is 43.2 Å². The number of urea groups is 1. The van der Waals surface area contributed by atoms with Gasteiger partial charge in [-0.1, -0.05) is 86.6 Å². The molecule has 0 radical (unpaired) electrons. The van der Waals surface area contributed by atoms with E-state index in [0.717, 1.165) is 19.3 Å². The van der Waals surface area contributed by atoms with Gasteiger partial charge in [-0.25, -0.2) is 4.79 Å². The molecule has 0 bridgehead atoms. The maximum Gasteiger partial charge on any atom is 0.316 e. The number of ketones is 1. The number of terminal acetylenes is 1. The van der Waals surface area contributed by atoms with Crippen LogP contribution in [-0.4, -0.2) is 89.5 Å². The first-order valence-corrected chi connectivity index (χ1v) is 16.5. The summed E-state index contributed by atoms with van der Waals surface area (Å²) in [7, 11) is 1.55. The van der Waals surface area contributed by atoms with Crippen molar-refractivity contribution in [2.45, 2.75) is 105 Å². The number of hydrogen-bond donors (Lipinski definition) is 4. The molecule has 2 fully saturated rings. The van der Waals surface area contributed by atoms with E-state index in [1.807, 2.05) is 34.6 Å². The fourth-order valence-electron chi connectivity index (χ4n) is 6.33. The second-order valence-corrected chi connectivity index (χ2v) is 15.6. The van der Waals surface area contributed by atoms with Crippen molar-refractivity contribution in [1.29, 1.82) is 0 Å². The highest BCUT2D eigenvalue weighted by Gasteiger charge is 2.51. The first-order valence-electron chi connectivity index (χ1n) is 16.5. The van der Waals surface area contributed by atoms with Crippen molar-refractivity contribution in [2.75, 3.05) is 20.1 Å². The van der Waals surface area contributed by atoms with E-state index < -0.39 is 70.5 Å². The zero-order valence-electron chi connectivity index (χ0n) is 29.6. The number of Topliss-reactive ketones (excluding diaryl/α,β-unsaturated/α-hetero) is 1. The first-order chi connectivity index (χ1) is 21.6. The number of amides is 6. The van der Waals surface area contributed by atoms with Crippen molar-refractivity contribution in [2.24, 2.45) is 40.2 Å². The molecule has 1 saturated carbocycles. The number of carbonyl (C=O) groups excluding carboxylic acids is 6. The van der Waals surface area contributed by atoms with Crippen LogP contribution in [0.4, 0.5) is 4.79 Å². The van der Waals surface area contributed by atoms with Crippen LogP contribution in [0, 0.1) is 46.8 Å². The maximum absolute atomic E-state index is 14.5. The number of likely N-dealkylation sites (tertiary alicyclic amines) is 1. The summed E-state index contributed by atoms with van der Waals surface area (Å²) in [5.41, 5.74) is 3.84. The highest BCUT2D eigenvalue weighted by Crippen LogP contribution is 2.38. The molecule has 1 unspecified atom stereocenters. The number of likely N-dealkylation sites (N-methyl/N-ethyl adjacent to an activating group) is 1. The largest absolute Gasteiger partial charge is 0.363 e. The summed E-state index contributed by atoms with van der Waals surface area (Å²) in [4.78, 5) is 82.7. The molecular formula is C35H56N6O6. The van der Waals surface area contributed by atoms with E-state index in [9.17, 15) is 28.8 Å². The second kappa shape index (κ2) is 15.8. The number of carbonyl (C=O) groups is 6. The molecule has 1 heterocycles. The van der Waals surface area contributed by atoms with E-state index in [4.69, 9.17) is 12.2 Å². The Morgan fingerprint density at radius 3 is 1.98 bits per heavy atom. The van der Waals surface area contributed by atoms with Gasteiger partial charge in [0.2, 0.25) is 23.5 Å². The monoisotopic (exact) mass is 656 g/mol. The highest BCUT2D eigenvalue weighted by atomic mass is 16.2. The zero-order valence-corrected chi connectivity index (χ0v) is 29.6. The van der Waals surface area contributed by atoms with Crippen molar-refractivity contribution in [1.82, 2.24) is 25.8 Å². The molecule has 12 nitrogen and oxygen atoms in total. The van der Waals surface area contributed by atoms with Crippen LogP contribution < -0.4 is 21.7 Å². The van der Waals surface area contributed by atoms with Gasteiger partial charge >= 0.3 is 6.03 Å². The molecule has 1 saturated heterocycles. The molecule has 0 aromatic carbocycles. The van der Waals surface area contributed by atoms with Crippen LogP contribution >= 0.6 is 0 Å². The molecule has 6 amide bonds. The standard InChI is InChI=1S/C35H56N6O6/c1-12-17-40(11)31(45)27(34(5,6)7)38-33(47)39-28(35(8,9)10)32(46)41-19-23(20(3)4)22(13-2)25(41)30(44)37-24(26(42)29(36)43)18-21-15-14-16-21/h1,13,20-25,27-28H,2,14-19H2,3-11H3,(H2,36,43)(H,37,44)(H2,38,39,47)/t22-,23+,24?,25-,27+,28+/m0/s1. The molecule has 47 heavy (non-hydrogen) atoms. The molecule has 6 atom stereocenters. The van der Waals surface area contributed by atoms with Crippen LogP contribution in [0.3, 0.4) is 0 Å². The molecule has 5 N–H and O–H groups in total. The Morgan fingerprint density at radius 1 is 1.00 bits per heavy atom. The van der Waals surface area contributed by atoms with Gasteiger partial charge in [0.25, 0.3) is 5.91 Å². The van der Waals surface area contributed by atoms with Gasteiger partial charge in [0.15, 0.2) is 0 Å². The van der Waals surface area contributed by atoms with E-state index >= 15 is 0 Å². The van der Waals surface area contributed by atoms with E-state index in [0.29, 0.717) is 0 Å². The van der Waals surface area contributed by atoms with Crippen molar-refractivity contribution < 1.29 is 28.8 Å². The Morgan fingerprint density at radius 2 is 1.55 bits per heavy atom. The van der Waals surface area contributed by atoms with Gasteiger partial charge in [-0.2, -0.15) is 0 Å². The van der Waals surface area contributed by atoms with Crippen molar-refractivity contribution >= 4 is 35.4 Å². The van der Waals surface area contributed by atoms with Gasteiger partial charge in [-0.05, 0) is 35.0 Å². The minimum Gasteiger partial charge on any atom is -0.363 e. The fourth-order valence-corrected chi connectivity index (χ4v) is 6.33. The third-order valence-corrected chi connectivity index (χ3v) is 9.43. The third kappa shape index (κ3) is 9.81. The zero-order chi connectivity index (χ0) is 36.0. The quantitative estimate of drug-likeness (QED) is 0.135. The lowest BCUT2D eigenvalue weighted by molar-refractivity contribution is -0.144. The number of nitrogens with one attached hydrogen (secondary N) is 3. The summed E-state index contributed by atoms with van der Waals surface area (Å²) in [6.07, 6.45) is 10.1. The van der Waals surface area contributed by atoms with Gasteiger partial charge in [0.1, 0.15) is 18.1 Å². The van der Waals surface area contributed by atoms with Gasteiger partial charge in [0.05, 0.1) is 12.6 Å². The minimum atomic E-state index is -1.13. The highest BCUT2D eigenvalue weighted by molar-refractivity contribution is 6.37. The van der Waals surface area contributed by atoms with Crippen LogP contribution in [0.25, 0.3) is 0 Å². The average Bonchev–Trinajstić information content (AvgIpc) is 3.33. The Kier molecular flexibility index (Phi) is 13.2. The number of primary amides is 1. The Hall–Kier alpha value is -3.88. The molecule has 0 aromatic heterocycles. The Labute approximate surface area is 280 Å². The molecule has 2 aliphatic rings. The lowest BCUT2D eigenvalue weighted by atomic mass is 9.79. The maximum atomic E-state index is 14.5. The third-order valence-electron chi connectivity index (χ3n) is 9.43. The lowest BCUT2D eigenvalue weighted by Gasteiger charge is -2.38. The number of rotatable bonds is 13. The predicted molar refractivity (Wildman–Crippen MR) is 180 cm³/mol. The lowest BCUT2D eigenvalue weighted by Crippen LogP contribution is -2.63. The molecule has 12 heteroatoms. The van der Waals surface area contributed by atoms with E-state index in [2.05, 4.69) is 28.4 Å². The first kappa shape index (κ1) is 39.3. The minimum absolute atomic E-state index is 0.0598. The Bertz CT molecular complexity index is 1250. The molecule has 2 rings (SSSR count). The topological polar surface area (TPSA) is 171 Å². The van der Waals surface area contributed by atoms with Crippen LogP contribution in [0.15, 0.2) is 12.7 Å². The average molecular weight is 657 g/mol. The van der Waals surface area contributed by atoms with Crippen molar-refractivity contribution in [3.8, 4) is 12.3 Å². The summed E-state index contributed by atoms with van der Waals surface area (Å²) in [6, 6.07) is -4.94. The van der Waals surface area contributed by atoms with Crippen molar-refractivity contribution in [3.05, 3.63) is 12.7 Å². The van der Waals surface area contributed by atoms with Crippen LogP contribution in [0.2, 0.25) is 0 Å². The molecule has 262 valence electrons. The number of nitrogens with two attached hydrogens (primary N) is 1. The van der Waals surface area contributed by atoms with Crippen molar-refractivity contribution in [3.63, 3.8) is 0 Å². The Balaban J connectivity index is 2.44. The smallest absolute Gasteiger partial charge is 0.316 e. The van der Waals surface area contributed by atoms with Crippen LogP contribution in [0.1, 0.15) is 81.1 Å². The van der Waals surface area contributed by atoms with Gasteiger partial charge in [0, 0.05) is 19.5 Å². The normalized spacial score (nSPS) is 21.8. The summed E-state index contributed by atoms with van der Waals surface area (Å²) in [5, 5.41) is 8.29. The van der Waals surface area contributed by atoms with E-state index in [1.165, 1.54) is 9.80 Å².